The first-order valence-electron chi connectivity index (χ1n) is 9.27. The van der Waals surface area contributed by atoms with E-state index in [1.807, 2.05) is 30.3 Å². The maximum Gasteiger partial charge on any atom is 0.342 e. The first kappa shape index (κ1) is 20.3. The van der Waals surface area contributed by atoms with E-state index in [4.69, 9.17) is 4.74 Å². The summed E-state index contributed by atoms with van der Waals surface area (Å²) < 4.78 is 20.1. The molecule has 1 amide bonds. The van der Waals surface area contributed by atoms with E-state index in [0.29, 0.717) is 29.2 Å². The van der Waals surface area contributed by atoms with Crippen LogP contribution in [0.3, 0.4) is 0 Å². The van der Waals surface area contributed by atoms with Crippen LogP contribution in [0.25, 0.3) is 5.69 Å². The zero-order chi connectivity index (χ0) is 21.0. The number of hydrogen-bond acceptors (Lipinski definition) is 4. The molecule has 3 aromatic rings. The number of rotatable bonds is 6. The number of ether oxygens (including phenoxy) is 1. The number of benzene rings is 2. The summed E-state index contributed by atoms with van der Waals surface area (Å²) in [5, 5.41) is 4.42. The molecule has 0 saturated carbocycles. The van der Waals surface area contributed by atoms with Crippen LogP contribution < -0.4 is 4.90 Å². The highest BCUT2D eigenvalue weighted by molar-refractivity contribution is 5.97. The Bertz CT molecular complexity index is 1010. The average Bonchev–Trinajstić information content (AvgIpc) is 3.03. The molecule has 2 aromatic carbocycles. The second-order valence-electron chi connectivity index (χ2n) is 6.48. The Kier molecular flexibility index (Phi) is 6.07. The van der Waals surface area contributed by atoms with Crippen LogP contribution in [-0.2, 0) is 9.53 Å². The molecule has 1 heterocycles. The van der Waals surface area contributed by atoms with Crippen molar-refractivity contribution in [2.24, 2.45) is 0 Å². The molecule has 3 rings (SSSR count). The van der Waals surface area contributed by atoms with E-state index in [9.17, 15) is 14.0 Å². The number of esters is 1. The number of hydrogen-bond donors (Lipinski definition) is 0. The molecule has 1 aromatic heterocycles. The fraction of sp³-hybridized carbons (Fsp3) is 0.227. The average molecular weight is 395 g/mol. The number of aromatic nitrogens is 2. The van der Waals surface area contributed by atoms with Crippen molar-refractivity contribution in [2.45, 2.75) is 20.8 Å². The van der Waals surface area contributed by atoms with Crippen molar-refractivity contribution in [3.8, 4) is 5.69 Å². The van der Waals surface area contributed by atoms with E-state index < -0.39 is 18.5 Å². The molecule has 0 fully saturated rings. The smallest absolute Gasteiger partial charge is 0.342 e. The minimum atomic E-state index is -0.606. The molecule has 0 aliphatic rings. The number of halogens is 1. The number of amides is 1. The van der Waals surface area contributed by atoms with E-state index >= 15 is 0 Å². The van der Waals surface area contributed by atoms with Crippen LogP contribution in [0.15, 0.2) is 54.6 Å². The monoisotopic (exact) mass is 395 g/mol. The molecular weight excluding hydrogens is 373 g/mol. The number of aryl methyl sites for hydroxylation is 1. The minimum Gasteiger partial charge on any atom is -0.452 e. The van der Waals surface area contributed by atoms with Gasteiger partial charge in [-0.05, 0) is 57.2 Å². The molecule has 0 radical (unpaired) electrons. The molecule has 0 unspecified atom stereocenters. The Hall–Kier alpha value is -3.48. The first-order valence-corrected chi connectivity index (χ1v) is 9.27. The molecule has 0 aliphatic carbocycles. The lowest BCUT2D eigenvalue weighted by atomic mass is 10.2. The van der Waals surface area contributed by atoms with Crippen LogP contribution in [0, 0.1) is 19.7 Å². The second-order valence-corrected chi connectivity index (χ2v) is 6.48. The van der Waals surface area contributed by atoms with Gasteiger partial charge in [-0.15, -0.1) is 0 Å². The lowest BCUT2D eigenvalue weighted by molar-refractivity contribution is -0.121. The topological polar surface area (TPSA) is 64.4 Å². The van der Waals surface area contributed by atoms with Crippen molar-refractivity contribution in [1.82, 2.24) is 9.78 Å². The van der Waals surface area contributed by atoms with Gasteiger partial charge in [0.15, 0.2) is 6.61 Å². The third-order valence-electron chi connectivity index (χ3n) is 4.58. The molecule has 0 saturated heterocycles. The Labute approximate surface area is 168 Å². The fourth-order valence-electron chi connectivity index (χ4n) is 3.16. The van der Waals surface area contributed by atoms with Gasteiger partial charge in [-0.2, -0.15) is 5.10 Å². The summed E-state index contributed by atoms with van der Waals surface area (Å²) in [6.07, 6.45) is 0. The molecule has 0 bridgehead atoms. The summed E-state index contributed by atoms with van der Waals surface area (Å²) >= 11 is 0. The van der Waals surface area contributed by atoms with Crippen molar-refractivity contribution in [3.63, 3.8) is 0 Å². The van der Waals surface area contributed by atoms with Crippen LogP contribution in [0.1, 0.15) is 28.7 Å². The predicted molar refractivity (Wildman–Crippen MR) is 108 cm³/mol. The van der Waals surface area contributed by atoms with E-state index in [2.05, 4.69) is 5.10 Å². The lowest BCUT2D eigenvalue weighted by Crippen LogP contribution is -2.34. The van der Waals surface area contributed by atoms with Gasteiger partial charge in [-0.25, -0.2) is 13.9 Å². The summed E-state index contributed by atoms with van der Waals surface area (Å²) in [5.74, 6) is -1.38. The predicted octanol–water partition coefficient (Wildman–Crippen LogP) is 3.84. The van der Waals surface area contributed by atoms with Crippen molar-refractivity contribution in [2.75, 3.05) is 18.1 Å². The minimum absolute atomic E-state index is 0.339. The van der Waals surface area contributed by atoms with Crippen LogP contribution in [0.2, 0.25) is 0 Å². The zero-order valence-electron chi connectivity index (χ0n) is 16.6. The van der Waals surface area contributed by atoms with Gasteiger partial charge < -0.3 is 9.64 Å². The SMILES string of the molecule is CCN(C(=O)COC(=O)c1c(C)nn(-c2ccccc2)c1C)c1ccc(F)cc1. The van der Waals surface area contributed by atoms with Gasteiger partial charge in [0.25, 0.3) is 5.91 Å². The molecule has 0 atom stereocenters. The number of likely N-dealkylation sites (N-methyl/N-ethyl adjacent to an activating group) is 1. The number of anilines is 1. The quantitative estimate of drug-likeness (QED) is 0.595. The Morgan fingerprint density at radius 1 is 1.07 bits per heavy atom. The standard InChI is InChI=1S/C22H22FN3O3/c1-4-25(18-12-10-17(23)11-13-18)20(27)14-29-22(28)21-15(2)24-26(16(21)3)19-8-6-5-7-9-19/h5-13H,4,14H2,1-3H3. The van der Waals surface area contributed by atoms with Gasteiger partial charge in [0.05, 0.1) is 17.1 Å². The summed E-state index contributed by atoms with van der Waals surface area (Å²) in [4.78, 5) is 26.6. The molecular formula is C22H22FN3O3. The maximum absolute atomic E-state index is 13.1. The number of nitrogens with zero attached hydrogens (tertiary/aromatic N) is 3. The largest absolute Gasteiger partial charge is 0.452 e. The molecule has 6 nitrogen and oxygen atoms in total. The summed E-state index contributed by atoms with van der Waals surface area (Å²) in [6.45, 7) is 5.25. The van der Waals surface area contributed by atoms with Gasteiger partial charge >= 0.3 is 5.97 Å². The van der Waals surface area contributed by atoms with E-state index in [1.165, 1.54) is 29.2 Å². The molecule has 0 N–H and O–H groups in total. The number of carbonyl (C=O) groups excluding carboxylic acids is 2. The van der Waals surface area contributed by atoms with Crippen LogP contribution in [0.5, 0.6) is 0 Å². The zero-order valence-corrected chi connectivity index (χ0v) is 16.6. The van der Waals surface area contributed by atoms with Gasteiger partial charge in [0.1, 0.15) is 11.4 Å². The van der Waals surface area contributed by atoms with Crippen LogP contribution in [0.4, 0.5) is 10.1 Å². The third kappa shape index (κ3) is 4.34. The van der Waals surface area contributed by atoms with E-state index in [0.717, 1.165) is 5.69 Å². The number of para-hydroxylation sites is 1. The third-order valence-corrected chi connectivity index (χ3v) is 4.58. The first-order chi connectivity index (χ1) is 13.9. The van der Waals surface area contributed by atoms with Crippen LogP contribution in [-0.4, -0.2) is 34.8 Å². The highest BCUT2D eigenvalue weighted by Gasteiger charge is 2.23. The number of carbonyl (C=O) groups is 2. The van der Waals surface area contributed by atoms with Gasteiger partial charge in [0, 0.05) is 12.2 Å². The molecule has 0 spiro atoms. The van der Waals surface area contributed by atoms with Gasteiger partial charge in [-0.1, -0.05) is 18.2 Å². The molecule has 29 heavy (non-hydrogen) atoms. The molecule has 150 valence electrons. The van der Waals surface area contributed by atoms with E-state index in [1.54, 1.807) is 25.5 Å². The summed E-state index contributed by atoms with van der Waals surface area (Å²) in [7, 11) is 0. The van der Waals surface area contributed by atoms with Crippen molar-refractivity contribution >= 4 is 17.6 Å². The van der Waals surface area contributed by atoms with E-state index in [-0.39, 0.29) is 5.82 Å². The van der Waals surface area contributed by atoms with Gasteiger partial charge in [-0.3, -0.25) is 4.79 Å². The Morgan fingerprint density at radius 3 is 2.34 bits per heavy atom. The van der Waals surface area contributed by atoms with Crippen molar-refractivity contribution in [1.29, 1.82) is 0 Å². The van der Waals surface area contributed by atoms with Gasteiger partial charge in [0.2, 0.25) is 0 Å². The second kappa shape index (κ2) is 8.68. The van der Waals surface area contributed by atoms with Crippen molar-refractivity contribution in [3.05, 3.63) is 77.4 Å². The Balaban J connectivity index is 1.73. The molecule has 7 heteroatoms. The summed E-state index contributed by atoms with van der Waals surface area (Å²) in [6, 6.07) is 15.0. The normalized spacial score (nSPS) is 10.6. The van der Waals surface area contributed by atoms with Crippen molar-refractivity contribution < 1.29 is 18.7 Å². The lowest BCUT2D eigenvalue weighted by Gasteiger charge is -2.20. The maximum atomic E-state index is 13.1. The highest BCUT2D eigenvalue weighted by Crippen LogP contribution is 2.19. The summed E-state index contributed by atoms with van der Waals surface area (Å²) in [5.41, 5.74) is 2.87. The Morgan fingerprint density at radius 2 is 1.72 bits per heavy atom. The highest BCUT2D eigenvalue weighted by atomic mass is 19.1. The van der Waals surface area contributed by atoms with Crippen LogP contribution >= 0.6 is 0 Å². The molecule has 0 aliphatic heterocycles. The fourth-order valence-corrected chi connectivity index (χ4v) is 3.16.